The Balaban J connectivity index is 2.44. The molecule has 0 heterocycles. The molecule has 0 saturated carbocycles. The highest BCUT2D eigenvalue weighted by Crippen LogP contribution is 2.32. The topological polar surface area (TPSA) is 37.3 Å². The lowest BCUT2D eigenvalue weighted by Crippen LogP contribution is -2.04. The molecule has 0 radical (unpaired) electrons. The molecule has 2 aromatic rings. The summed E-state index contributed by atoms with van der Waals surface area (Å²) in [6, 6.07) is 9.24. The fourth-order valence-electron chi connectivity index (χ4n) is 1.99. The summed E-state index contributed by atoms with van der Waals surface area (Å²) in [5, 5.41) is 9.26. The van der Waals surface area contributed by atoms with Crippen molar-refractivity contribution in [2.24, 2.45) is 0 Å². The standard InChI is InChI=1S/C15H10ClF3O2/c16-12-5-6-13(10(7-12)8-14(20)21)9-1-3-11(4-2-9)15(17,18)19/h1-7H,8H2,(H,20,21). The first-order valence-electron chi connectivity index (χ1n) is 5.95. The third-order valence-corrected chi connectivity index (χ3v) is 3.17. The van der Waals surface area contributed by atoms with Gasteiger partial charge in [0.2, 0.25) is 0 Å². The Morgan fingerprint density at radius 2 is 1.71 bits per heavy atom. The maximum Gasteiger partial charge on any atom is 0.416 e. The molecular weight excluding hydrogens is 305 g/mol. The first-order valence-corrected chi connectivity index (χ1v) is 6.33. The first-order chi connectivity index (χ1) is 9.77. The second-order valence-electron chi connectivity index (χ2n) is 4.45. The number of hydrogen-bond acceptors (Lipinski definition) is 1. The monoisotopic (exact) mass is 314 g/mol. The number of carboxylic acid groups (broad SMARTS) is 1. The summed E-state index contributed by atoms with van der Waals surface area (Å²) < 4.78 is 37.6. The van der Waals surface area contributed by atoms with Crippen LogP contribution in [0.15, 0.2) is 42.5 Å². The average Bonchev–Trinajstić information content (AvgIpc) is 2.37. The van der Waals surface area contributed by atoms with E-state index in [0.717, 1.165) is 12.1 Å². The largest absolute Gasteiger partial charge is 0.481 e. The van der Waals surface area contributed by atoms with E-state index in [0.29, 0.717) is 21.7 Å². The molecule has 6 heteroatoms. The van der Waals surface area contributed by atoms with Crippen molar-refractivity contribution in [2.45, 2.75) is 12.6 Å². The maximum absolute atomic E-state index is 12.5. The van der Waals surface area contributed by atoms with Crippen LogP contribution in [-0.2, 0) is 17.4 Å². The molecule has 0 aromatic heterocycles. The molecule has 0 aliphatic rings. The summed E-state index contributed by atoms with van der Waals surface area (Å²) >= 11 is 5.83. The normalized spacial score (nSPS) is 11.4. The van der Waals surface area contributed by atoms with Gasteiger partial charge in [-0.1, -0.05) is 29.8 Å². The Morgan fingerprint density at radius 1 is 1.10 bits per heavy atom. The molecule has 2 nitrogen and oxygen atoms in total. The van der Waals surface area contributed by atoms with Gasteiger partial charge in [-0.05, 0) is 41.0 Å². The smallest absolute Gasteiger partial charge is 0.416 e. The van der Waals surface area contributed by atoms with E-state index < -0.39 is 17.7 Å². The number of halogens is 4. The molecule has 0 aliphatic carbocycles. The molecule has 0 atom stereocenters. The van der Waals surface area contributed by atoms with Crippen LogP contribution in [0.1, 0.15) is 11.1 Å². The summed E-state index contributed by atoms with van der Waals surface area (Å²) in [7, 11) is 0. The second kappa shape index (κ2) is 5.77. The Labute approximate surface area is 123 Å². The van der Waals surface area contributed by atoms with Crippen molar-refractivity contribution in [2.75, 3.05) is 0 Å². The molecule has 0 amide bonds. The van der Waals surface area contributed by atoms with E-state index in [1.807, 2.05) is 0 Å². The van der Waals surface area contributed by atoms with Gasteiger partial charge in [0.05, 0.1) is 12.0 Å². The SMILES string of the molecule is O=C(O)Cc1cc(Cl)ccc1-c1ccc(C(F)(F)F)cc1. The zero-order valence-electron chi connectivity index (χ0n) is 10.6. The molecule has 1 N–H and O–H groups in total. The Hall–Kier alpha value is -2.01. The highest BCUT2D eigenvalue weighted by molar-refractivity contribution is 6.30. The first kappa shape index (κ1) is 15.4. The predicted molar refractivity (Wildman–Crippen MR) is 73.2 cm³/mol. The molecule has 0 unspecified atom stereocenters. The molecule has 2 rings (SSSR count). The lowest BCUT2D eigenvalue weighted by Gasteiger charge is -2.11. The molecule has 0 bridgehead atoms. The van der Waals surface area contributed by atoms with Crippen LogP contribution < -0.4 is 0 Å². The maximum atomic E-state index is 12.5. The fraction of sp³-hybridized carbons (Fsp3) is 0.133. The van der Waals surface area contributed by atoms with E-state index in [-0.39, 0.29) is 6.42 Å². The molecular formula is C15H10ClF3O2. The third-order valence-electron chi connectivity index (χ3n) is 2.93. The van der Waals surface area contributed by atoms with Gasteiger partial charge in [0.1, 0.15) is 0 Å². The molecule has 0 saturated heterocycles. The average molecular weight is 315 g/mol. The highest BCUT2D eigenvalue weighted by atomic mass is 35.5. The predicted octanol–water partition coefficient (Wildman–Crippen LogP) is 4.65. The van der Waals surface area contributed by atoms with Gasteiger partial charge < -0.3 is 5.11 Å². The van der Waals surface area contributed by atoms with Crippen LogP contribution in [0.3, 0.4) is 0 Å². The van der Waals surface area contributed by atoms with E-state index in [4.69, 9.17) is 16.7 Å². The Kier molecular flexibility index (Phi) is 4.23. The molecule has 0 fully saturated rings. The molecule has 110 valence electrons. The van der Waals surface area contributed by atoms with Crippen LogP contribution in [0.5, 0.6) is 0 Å². The van der Waals surface area contributed by atoms with Gasteiger partial charge >= 0.3 is 12.1 Å². The molecule has 2 aromatic carbocycles. The number of hydrogen-bond donors (Lipinski definition) is 1. The van der Waals surface area contributed by atoms with Crippen molar-refractivity contribution in [3.8, 4) is 11.1 Å². The van der Waals surface area contributed by atoms with Crippen LogP contribution in [0, 0.1) is 0 Å². The van der Waals surface area contributed by atoms with Crippen molar-refractivity contribution >= 4 is 17.6 Å². The van der Waals surface area contributed by atoms with Gasteiger partial charge in [-0.2, -0.15) is 13.2 Å². The fourth-order valence-corrected chi connectivity index (χ4v) is 2.19. The Bertz CT molecular complexity index is 664. The minimum Gasteiger partial charge on any atom is -0.481 e. The number of carboxylic acids is 1. The number of carbonyl (C=O) groups is 1. The summed E-state index contributed by atoms with van der Waals surface area (Å²) in [5.41, 5.74) is 0.765. The lowest BCUT2D eigenvalue weighted by atomic mass is 9.97. The third kappa shape index (κ3) is 3.76. The van der Waals surface area contributed by atoms with E-state index in [1.165, 1.54) is 18.2 Å². The van der Waals surface area contributed by atoms with Crippen molar-refractivity contribution in [1.29, 1.82) is 0 Å². The van der Waals surface area contributed by atoms with Crippen molar-refractivity contribution in [3.05, 3.63) is 58.6 Å². The van der Waals surface area contributed by atoms with Gasteiger partial charge in [-0.3, -0.25) is 4.79 Å². The van der Waals surface area contributed by atoms with E-state index >= 15 is 0 Å². The minimum atomic E-state index is -4.40. The van der Waals surface area contributed by atoms with Crippen molar-refractivity contribution < 1.29 is 23.1 Å². The van der Waals surface area contributed by atoms with Crippen LogP contribution in [0.4, 0.5) is 13.2 Å². The molecule has 21 heavy (non-hydrogen) atoms. The number of benzene rings is 2. The van der Waals surface area contributed by atoms with Crippen LogP contribution in [0.25, 0.3) is 11.1 Å². The lowest BCUT2D eigenvalue weighted by molar-refractivity contribution is -0.138. The van der Waals surface area contributed by atoms with Gasteiger partial charge in [0, 0.05) is 5.02 Å². The zero-order valence-corrected chi connectivity index (χ0v) is 11.4. The number of alkyl halides is 3. The second-order valence-corrected chi connectivity index (χ2v) is 4.88. The van der Waals surface area contributed by atoms with Crippen LogP contribution >= 0.6 is 11.6 Å². The van der Waals surface area contributed by atoms with Gasteiger partial charge in [0.15, 0.2) is 0 Å². The van der Waals surface area contributed by atoms with Crippen LogP contribution in [0.2, 0.25) is 5.02 Å². The molecule has 0 aliphatic heterocycles. The summed E-state index contributed by atoms with van der Waals surface area (Å²) in [6.07, 6.45) is -4.65. The summed E-state index contributed by atoms with van der Waals surface area (Å²) in [5.74, 6) is -1.04. The summed E-state index contributed by atoms with van der Waals surface area (Å²) in [4.78, 5) is 10.9. The van der Waals surface area contributed by atoms with Crippen molar-refractivity contribution in [3.63, 3.8) is 0 Å². The summed E-state index contributed by atoms with van der Waals surface area (Å²) in [6.45, 7) is 0. The van der Waals surface area contributed by atoms with E-state index in [2.05, 4.69) is 0 Å². The number of aliphatic carboxylic acids is 1. The molecule has 0 spiro atoms. The van der Waals surface area contributed by atoms with Gasteiger partial charge in [-0.15, -0.1) is 0 Å². The quantitative estimate of drug-likeness (QED) is 0.895. The van der Waals surface area contributed by atoms with Crippen molar-refractivity contribution in [1.82, 2.24) is 0 Å². The van der Waals surface area contributed by atoms with Crippen LogP contribution in [-0.4, -0.2) is 11.1 Å². The van der Waals surface area contributed by atoms with Gasteiger partial charge in [0.25, 0.3) is 0 Å². The van der Waals surface area contributed by atoms with Gasteiger partial charge in [-0.25, -0.2) is 0 Å². The van der Waals surface area contributed by atoms with E-state index in [1.54, 1.807) is 12.1 Å². The minimum absolute atomic E-state index is 0.253. The number of rotatable bonds is 3. The van der Waals surface area contributed by atoms with E-state index in [9.17, 15) is 18.0 Å². The highest BCUT2D eigenvalue weighted by Gasteiger charge is 2.30. The Morgan fingerprint density at radius 3 is 2.24 bits per heavy atom. The zero-order chi connectivity index (χ0) is 15.6.